The second-order valence-electron chi connectivity index (χ2n) is 4.51. The molecule has 0 aliphatic heterocycles. The van der Waals surface area contributed by atoms with Gasteiger partial charge in [-0.15, -0.1) is 0 Å². The second kappa shape index (κ2) is 6.23. The average molecular weight is 374 g/mol. The Kier molecular flexibility index (Phi) is 4.62. The summed E-state index contributed by atoms with van der Waals surface area (Å²) in [5, 5.41) is 11.5. The van der Waals surface area contributed by atoms with Gasteiger partial charge in [0, 0.05) is 21.8 Å². The van der Waals surface area contributed by atoms with Crippen LogP contribution in [0, 0.1) is 3.57 Å². The van der Waals surface area contributed by atoms with Crippen LogP contribution >= 0.6 is 22.6 Å². The molecular weight excluding hydrogens is 359 g/mol. The Bertz CT molecular complexity index is 471. The fourth-order valence-electron chi connectivity index (χ4n) is 1.78. The number of nitrogens with one attached hydrogen (secondary N) is 1. The van der Waals surface area contributed by atoms with Crippen molar-refractivity contribution in [3.63, 3.8) is 0 Å². The maximum Gasteiger partial charge on any atom is 0.322 e. The van der Waals surface area contributed by atoms with Gasteiger partial charge in [0.2, 0.25) is 0 Å². The number of halogens is 1. The highest BCUT2D eigenvalue weighted by Gasteiger charge is 2.32. The molecule has 1 aromatic carbocycles. The fraction of sp³-hybridized carbons (Fsp3) is 0.385. The molecule has 6 heteroatoms. The van der Waals surface area contributed by atoms with Crippen molar-refractivity contribution in [3.05, 3.63) is 27.8 Å². The molecule has 1 aliphatic rings. The number of amides is 2. The minimum atomic E-state index is -0.882. The van der Waals surface area contributed by atoms with E-state index in [0.717, 1.165) is 22.1 Å². The lowest BCUT2D eigenvalue weighted by Crippen LogP contribution is -2.38. The maximum absolute atomic E-state index is 12.1. The molecular formula is C13H15IN2O3. The van der Waals surface area contributed by atoms with Crippen molar-refractivity contribution in [2.45, 2.75) is 25.3 Å². The summed E-state index contributed by atoms with van der Waals surface area (Å²) in [5.41, 5.74) is 0.728. The van der Waals surface area contributed by atoms with Crippen molar-refractivity contribution in [2.24, 2.45) is 0 Å². The fourth-order valence-corrected chi connectivity index (χ4v) is 2.14. The zero-order valence-corrected chi connectivity index (χ0v) is 12.5. The topological polar surface area (TPSA) is 69.6 Å². The lowest BCUT2D eigenvalue weighted by atomic mass is 10.3. The van der Waals surface area contributed by atoms with Crippen LogP contribution in [0.5, 0.6) is 0 Å². The standard InChI is InChI=1S/C13H15IN2O3/c14-9-1-3-10(4-2-9)15-13(19)16(11-5-6-11)8-7-12(17)18/h1-4,11H,5-8H2,(H,15,19)(H,17,18). The Morgan fingerprint density at radius 2 is 1.95 bits per heavy atom. The average Bonchev–Trinajstić information content (AvgIpc) is 3.16. The van der Waals surface area contributed by atoms with Gasteiger partial charge in [-0.1, -0.05) is 0 Å². The molecule has 0 aromatic heterocycles. The van der Waals surface area contributed by atoms with Gasteiger partial charge in [-0.2, -0.15) is 0 Å². The van der Waals surface area contributed by atoms with E-state index in [4.69, 9.17) is 5.11 Å². The number of rotatable bonds is 5. The van der Waals surface area contributed by atoms with Crippen molar-refractivity contribution < 1.29 is 14.7 Å². The first-order valence-electron chi connectivity index (χ1n) is 6.11. The molecule has 0 unspecified atom stereocenters. The number of anilines is 1. The predicted molar refractivity (Wildman–Crippen MR) is 80.2 cm³/mol. The summed E-state index contributed by atoms with van der Waals surface area (Å²) in [5.74, 6) is -0.882. The van der Waals surface area contributed by atoms with E-state index in [1.54, 1.807) is 4.90 Å². The number of carbonyl (C=O) groups is 2. The summed E-state index contributed by atoms with van der Waals surface area (Å²) < 4.78 is 1.10. The van der Waals surface area contributed by atoms with Gasteiger partial charge in [0.05, 0.1) is 6.42 Å². The summed E-state index contributed by atoms with van der Waals surface area (Å²) in [6.07, 6.45) is 1.90. The van der Waals surface area contributed by atoms with Gasteiger partial charge in [0.1, 0.15) is 0 Å². The molecule has 2 rings (SSSR count). The van der Waals surface area contributed by atoms with E-state index >= 15 is 0 Å². The molecule has 0 spiro atoms. The first kappa shape index (κ1) is 14.1. The van der Waals surface area contributed by atoms with E-state index in [0.29, 0.717) is 0 Å². The van der Waals surface area contributed by atoms with Gasteiger partial charge < -0.3 is 15.3 Å². The molecule has 0 heterocycles. The van der Waals surface area contributed by atoms with E-state index in [9.17, 15) is 9.59 Å². The van der Waals surface area contributed by atoms with E-state index in [1.807, 2.05) is 24.3 Å². The minimum Gasteiger partial charge on any atom is -0.481 e. The zero-order valence-electron chi connectivity index (χ0n) is 10.3. The molecule has 0 atom stereocenters. The van der Waals surface area contributed by atoms with Gasteiger partial charge >= 0.3 is 12.0 Å². The number of carboxylic acids is 1. The summed E-state index contributed by atoms with van der Waals surface area (Å²) >= 11 is 2.20. The monoisotopic (exact) mass is 374 g/mol. The number of nitrogens with zero attached hydrogens (tertiary/aromatic N) is 1. The summed E-state index contributed by atoms with van der Waals surface area (Å²) in [7, 11) is 0. The second-order valence-corrected chi connectivity index (χ2v) is 5.75. The van der Waals surface area contributed by atoms with E-state index in [2.05, 4.69) is 27.9 Å². The Morgan fingerprint density at radius 3 is 2.47 bits per heavy atom. The molecule has 19 heavy (non-hydrogen) atoms. The van der Waals surface area contributed by atoms with Crippen LogP contribution < -0.4 is 5.32 Å². The molecule has 2 N–H and O–H groups in total. The van der Waals surface area contributed by atoms with Crippen molar-refractivity contribution in [1.29, 1.82) is 0 Å². The molecule has 1 fully saturated rings. The summed E-state index contributed by atoms with van der Waals surface area (Å²) in [4.78, 5) is 24.3. The largest absolute Gasteiger partial charge is 0.481 e. The predicted octanol–water partition coefficient (Wildman–Crippen LogP) is 2.76. The summed E-state index contributed by atoms with van der Waals surface area (Å²) in [6.45, 7) is 0.260. The van der Waals surface area contributed by atoms with Crippen LogP contribution in [0.25, 0.3) is 0 Å². The molecule has 0 bridgehead atoms. The number of benzene rings is 1. The van der Waals surface area contributed by atoms with Crippen LogP contribution in [-0.4, -0.2) is 34.6 Å². The van der Waals surface area contributed by atoms with E-state index < -0.39 is 5.97 Å². The van der Waals surface area contributed by atoms with Crippen LogP contribution in [0.4, 0.5) is 10.5 Å². The third kappa shape index (κ3) is 4.38. The van der Waals surface area contributed by atoms with E-state index in [1.165, 1.54) is 0 Å². The van der Waals surface area contributed by atoms with Crippen molar-refractivity contribution in [3.8, 4) is 0 Å². The maximum atomic E-state index is 12.1. The third-order valence-electron chi connectivity index (χ3n) is 2.91. The minimum absolute atomic E-state index is 0.0173. The molecule has 2 amide bonds. The number of hydrogen-bond acceptors (Lipinski definition) is 2. The van der Waals surface area contributed by atoms with Gasteiger partial charge in [-0.25, -0.2) is 4.79 Å². The Hall–Kier alpha value is -1.31. The van der Waals surface area contributed by atoms with Crippen LogP contribution in [-0.2, 0) is 4.79 Å². The Morgan fingerprint density at radius 1 is 1.32 bits per heavy atom. The summed E-state index contributed by atoms with van der Waals surface area (Å²) in [6, 6.07) is 7.47. The van der Waals surface area contributed by atoms with E-state index in [-0.39, 0.29) is 25.0 Å². The van der Waals surface area contributed by atoms with Crippen molar-refractivity contribution in [2.75, 3.05) is 11.9 Å². The normalized spacial score (nSPS) is 13.9. The first-order valence-corrected chi connectivity index (χ1v) is 7.19. The molecule has 0 saturated heterocycles. The van der Waals surface area contributed by atoms with Crippen molar-refractivity contribution >= 4 is 40.3 Å². The van der Waals surface area contributed by atoms with Crippen LogP contribution in [0.3, 0.4) is 0 Å². The highest BCUT2D eigenvalue weighted by Crippen LogP contribution is 2.27. The number of aliphatic carboxylic acids is 1. The van der Waals surface area contributed by atoms with Crippen LogP contribution in [0.1, 0.15) is 19.3 Å². The quantitative estimate of drug-likeness (QED) is 0.779. The van der Waals surface area contributed by atoms with Crippen LogP contribution in [0.2, 0.25) is 0 Å². The highest BCUT2D eigenvalue weighted by atomic mass is 127. The molecule has 0 radical (unpaired) electrons. The SMILES string of the molecule is O=C(O)CCN(C(=O)Nc1ccc(I)cc1)C1CC1. The smallest absolute Gasteiger partial charge is 0.322 e. The number of carbonyl (C=O) groups excluding carboxylic acids is 1. The molecule has 1 aliphatic carbocycles. The third-order valence-corrected chi connectivity index (χ3v) is 3.63. The highest BCUT2D eigenvalue weighted by molar-refractivity contribution is 14.1. The van der Waals surface area contributed by atoms with Crippen molar-refractivity contribution in [1.82, 2.24) is 4.90 Å². The molecule has 1 saturated carbocycles. The Balaban J connectivity index is 1.95. The number of carboxylic acid groups (broad SMARTS) is 1. The van der Waals surface area contributed by atoms with Gasteiger partial charge in [0.25, 0.3) is 0 Å². The Labute approximate surface area is 125 Å². The van der Waals surface area contributed by atoms with Gasteiger partial charge in [0.15, 0.2) is 0 Å². The zero-order chi connectivity index (χ0) is 13.8. The lowest BCUT2D eigenvalue weighted by Gasteiger charge is -2.22. The number of hydrogen-bond donors (Lipinski definition) is 2. The molecule has 5 nitrogen and oxygen atoms in total. The van der Waals surface area contributed by atoms with Gasteiger partial charge in [-0.05, 0) is 59.7 Å². The van der Waals surface area contributed by atoms with Gasteiger partial charge in [-0.3, -0.25) is 4.79 Å². The number of urea groups is 1. The molecule has 102 valence electrons. The first-order chi connectivity index (χ1) is 9.06. The molecule has 1 aromatic rings. The van der Waals surface area contributed by atoms with Crippen LogP contribution in [0.15, 0.2) is 24.3 Å². The lowest BCUT2D eigenvalue weighted by molar-refractivity contribution is -0.137.